The van der Waals surface area contributed by atoms with Gasteiger partial charge in [0.25, 0.3) is 5.91 Å². The van der Waals surface area contributed by atoms with E-state index in [4.69, 9.17) is 14.2 Å². The molecule has 8 nitrogen and oxygen atoms in total. The molecule has 2 heterocycles. The van der Waals surface area contributed by atoms with E-state index in [-0.39, 0.29) is 29.5 Å². The molecule has 1 spiro atoms. The summed E-state index contributed by atoms with van der Waals surface area (Å²) in [4.78, 5) is 14.9. The molecule has 0 unspecified atom stereocenters. The number of hydrogen-bond donors (Lipinski definition) is 0. The number of ether oxygens (including phenoxy) is 3. The van der Waals surface area contributed by atoms with Crippen LogP contribution in [0, 0.1) is 12.7 Å². The Morgan fingerprint density at radius 3 is 2.42 bits per heavy atom. The third kappa shape index (κ3) is 4.18. The first-order chi connectivity index (χ1) is 15.7. The first-order valence-corrected chi connectivity index (χ1v) is 12.1. The van der Waals surface area contributed by atoms with Crippen molar-refractivity contribution in [1.29, 1.82) is 0 Å². The fourth-order valence-corrected chi connectivity index (χ4v) is 6.25. The molecule has 0 bridgehead atoms. The molecule has 0 aliphatic carbocycles. The van der Waals surface area contributed by atoms with Gasteiger partial charge >= 0.3 is 0 Å². The summed E-state index contributed by atoms with van der Waals surface area (Å²) >= 11 is 0. The number of piperidine rings is 1. The van der Waals surface area contributed by atoms with E-state index >= 15 is 0 Å². The van der Waals surface area contributed by atoms with Gasteiger partial charge in [-0.3, -0.25) is 4.79 Å². The van der Waals surface area contributed by atoms with Crippen molar-refractivity contribution in [2.24, 2.45) is 0 Å². The lowest BCUT2D eigenvalue weighted by Gasteiger charge is -2.42. The quantitative estimate of drug-likeness (QED) is 0.657. The highest BCUT2D eigenvalue weighted by Crippen LogP contribution is 2.39. The minimum atomic E-state index is -3.89. The molecule has 2 aromatic rings. The van der Waals surface area contributed by atoms with Crippen LogP contribution in [0.15, 0.2) is 41.3 Å². The molecule has 1 amide bonds. The number of amides is 1. The maximum absolute atomic E-state index is 13.7. The highest BCUT2D eigenvalue weighted by molar-refractivity contribution is 7.89. The van der Waals surface area contributed by atoms with Gasteiger partial charge < -0.3 is 19.1 Å². The van der Waals surface area contributed by atoms with Crippen molar-refractivity contribution in [3.8, 4) is 11.5 Å². The Bertz CT molecular complexity index is 1160. The Morgan fingerprint density at radius 2 is 1.79 bits per heavy atom. The lowest BCUT2D eigenvalue weighted by atomic mass is 9.99. The van der Waals surface area contributed by atoms with Gasteiger partial charge in [-0.2, -0.15) is 4.31 Å². The summed E-state index contributed by atoms with van der Waals surface area (Å²) in [6, 6.07) is 8.78. The first-order valence-electron chi connectivity index (χ1n) is 10.7. The van der Waals surface area contributed by atoms with Crippen LogP contribution in [-0.4, -0.2) is 69.7 Å². The average molecular weight is 479 g/mol. The summed E-state index contributed by atoms with van der Waals surface area (Å²) in [5.74, 6) is 0.331. The summed E-state index contributed by atoms with van der Waals surface area (Å²) in [5, 5.41) is 0. The molecule has 10 heteroatoms. The molecule has 2 aliphatic heterocycles. The van der Waals surface area contributed by atoms with Gasteiger partial charge in [0.1, 0.15) is 23.0 Å². The number of hydrogen-bond acceptors (Lipinski definition) is 6. The van der Waals surface area contributed by atoms with E-state index in [9.17, 15) is 17.6 Å². The zero-order valence-electron chi connectivity index (χ0n) is 18.8. The lowest BCUT2D eigenvalue weighted by Crippen LogP contribution is -2.55. The van der Waals surface area contributed by atoms with Gasteiger partial charge in [0.15, 0.2) is 0 Å². The predicted octanol–water partition coefficient (Wildman–Crippen LogP) is 2.80. The molecule has 2 aliphatic rings. The number of aryl methyl sites for hydroxylation is 1. The fraction of sp³-hybridized carbons (Fsp3) is 0.435. The van der Waals surface area contributed by atoms with Crippen molar-refractivity contribution < 1.29 is 31.8 Å². The Labute approximate surface area is 192 Å². The summed E-state index contributed by atoms with van der Waals surface area (Å²) in [7, 11) is -0.864. The smallest absolute Gasteiger partial charge is 0.257 e. The number of carbonyl (C=O) groups is 1. The number of rotatable bonds is 5. The Morgan fingerprint density at radius 1 is 1.06 bits per heavy atom. The second-order valence-corrected chi connectivity index (χ2v) is 10.0. The van der Waals surface area contributed by atoms with Crippen LogP contribution in [0.2, 0.25) is 0 Å². The number of nitrogens with zero attached hydrogens (tertiary/aromatic N) is 2. The van der Waals surface area contributed by atoms with Crippen LogP contribution in [0.4, 0.5) is 4.39 Å². The highest BCUT2D eigenvalue weighted by Gasteiger charge is 2.51. The molecule has 2 saturated heterocycles. The van der Waals surface area contributed by atoms with E-state index in [2.05, 4.69) is 0 Å². The second-order valence-electron chi connectivity index (χ2n) is 8.14. The van der Waals surface area contributed by atoms with E-state index < -0.39 is 21.6 Å². The molecule has 178 valence electrons. The van der Waals surface area contributed by atoms with E-state index in [0.29, 0.717) is 43.0 Å². The lowest BCUT2D eigenvalue weighted by molar-refractivity contribution is -0.0857. The second kappa shape index (κ2) is 8.92. The van der Waals surface area contributed by atoms with Crippen LogP contribution in [0.1, 0.15) is 28.8 Å². The Hall–Kier alpha value is -2.69. The third-order valence-corrected chi connectivity index (χ3v) is 8.25. The first kappa shape index (κ1) is 23.5. The Kier molecular flexibility index (Phi) is 6.35. The van der Waals surface area contributed by atoms with E-state index in [0.717, 1.165) is 6.07 Å². The molecule has 33 heavy (non-hydrogen) atoms. The van der Waals surface area contributed by atoms with Gasteiger partial charge in [0.05, 0.1) is 31.3 Å². The van der Waals surface area contributed by atoms with Gasteiger partial charge in [-0.1, -0.05) is 0 Å². The molecular formula is C23H27FN2O6S. The standard InChI is InChI=1S/C23H27FN2O6S/c1-16-14-18(5-7-20(16)24)33(28,29)26-12-13-32-23(26)8-10-25(11-9-23)22(27)19-6-4-17(30-2)15-21(19)31-3/h4-7,14-15H,8-13H2,1-3H3. The van der Waals surface area contributed by atoms with Crippen LogP contribution < -0.4 is 9.47 Å². The maximum Gasteiger partial charge on any atom is 0.257 e. The molecule has 0 aromatic heterocycles. The van der Waals surface area contributed by atoms with Crippen LogP contribution in [0.3, 0.4) is 0 Å². The normalized spacial score (nSPS) is 18.5. The van der Waals surface area contributed by atoms with Crippen molar-refractivity contribution in [3.63, 3.8) is 0 Å². The van der Waals surface area contributed by atoms with Gasteiger partial charge in [0, 0.05) is 38.5 Å². The zero-order valence-corrected chi connectivity index (χ0v) is 19.7. The minimum absolute atomic E-state index is 0.0350. The SMILES string of the molecule is COc1ccc(C(=O)N2CCC3(CC2)OCCN3S(=O)(=O)c2ccc(F)c(C)c2)c(OC)c1. The van der Waals surface area contributed by atoms with Crippen LogP contribution in [0.5, 0.6) is 11.5 Å². The molecule has 4 rings (SSSR count). The molecule has 0 atom stereocenters. The molecule has 0 saturated carbocycles. The van der Waals surface area contributed by atoms with Crippen molar-refractivity contribution in [2.75, 3.05) is 40.5 Å². The maximum atomic E-state index is 13.7. The third-order valence-electron chi connectivity index (χ3n) is 6.31. The summed E-state index contributed by atoms with van der Waals surface area (Å²) in [6.45, 7) is 2.64. The van der Waals surface area contributed by atoms with E-state index in [1.165, 1.54) is 37.6 Å². The topological polar surface area (TPSA) is 85.4 Å². The monoisotopic (exact) mass is 478 g/mol. The van der Waals surface area contributed by atoms with Crippen molar-refractivity contribution in [2.45, 2.75) is 30.4 Å². The van der Waals surface area contributed by atoms with Gasteiger partial charge in [-0.15, -0.1) is 0 Å². The Balaban J connectivity index is 1.53. The van der Waals surface area contributed by atoms with Gasteiger partial charge in [-0.25, -0.2) is 12.8 Å². The van der Waals surface area contributed by atoms with E-state index in [1.807, 2.05) is 0 Å². The number of methoxy groups -OCH3 is 2. The highest BCUT2D eigenvalue weighted by atomic mass is 32.2. The number of likely N-dealkylation sites (tertiary alicyclic amines) is 1. The summed E-state index contributed by atoms with van der Waals surface area (Å²) in [5.41, 5.74) is -0.353. The molecule has 0 radical (unpaired) electrons. The van der Waals surface area contributed by atoms with Gasteiger partial charge in [0.2, 0.25) is 10.0 Å². The molecule has 0 N–H and O–H groups in total. The summed E-state index contributed by atoms with van der Waals surface area (Å²) in [6.07, 6.45) is 0.660. The van der Waals surface area contributed by atoms with Gasteiger partial charge in [-0.05, 0) is 42.8 Å². The van der Waals surface area contributed by atoms with Crippen LogP contribution in [-0.2, 0) is 14.8 Å². The minimum Gasteiger partial charge on any atom is -0.497 e. The number of benzene rings is 2. The van der Waals surface area contributed by atoms with E-state index in [1.54, 1.807) is 23.1 Å². The average Bonchev–Trinajstić information content (AvgIpc) is 3.24. The molecular weight excluding hydrogens is 451 g/mol. The van der Waals surface area contributed by atoms with Crippen molar-refractivity contribution in [3.05, 3.63) is 53.3 Å². The van der Waals surface area contributed by atoms with Crippen LogP contribution in [0.25, 0.3) is 0 Å². The number of sulfonamides is 1. The zero-order chi connectivity index (χ0) is 23.8. The van der Waals surface area contributed by atoms with Crippen molar-refractivity contribution >= 4 is 15.9 Å². The fourth-order valence-electron chi connectivity index (χ4n) is 4.44. The summed E-state index contributed by atoms with van der Waals surface area (Å²) < 4.78 is 58.3. The predicted molar refractivity (Wildman–Crippen MR) is 118 cm³/mol. The largest absolute Gasteiger partial charge is 0.497 e. The van der Waals surface area contributed by atoms with Crippen molar-refractivity contribution in [1.82, 2.24) is 9.21 Å². The molecule has 2 fully saturated rings. The number of carbonyl (C=O) groups excluding carboxylic acids is 1. The van der Waals surface area contributed by atoms with Crippen LogP contribution >= 0.6 is 0 Å². The molecule has 2 aromatic carbocycles. The number of halogens is 1.